The Morgan fingerprint density at radius 1 is 1.83 bits per heavy atom. The predicted octanol–water partition coefficient (Wildman–Crippen LogP) is 1.44. The van der Waals surface area contributed by atoms with Gasteiger partial charge in [-0.15, -0.1) is 5.10 Å². The van der Waals surface area contributed by atoms with Gasteiger partial charge in [0.25, 0.3) is 0 Å². The highest BCUT2D eigenvalue weighted by molar-refractivity contribution is 8.21. The van der Waals surface area contributed by atoms with E-state index in [-0.39, 0.29) is 16.4 Å². The second-order valence-corrected chi connectivity index (χ2v) is 2.72. The van der Waals surface area contributed by atoms with E-state index in [9.17, 15) is 10.1 Å². The third kappa shape index (κ3) is 1.34. The van der Waals surface area contributed by atoms with Crippen molar-refractivity contribution in [3.8, 4) is 6.07 Å². The SMILES string of the molecule is N#Cc1n[nH]c([N+](=O)[O-])c1SCl. The van der Waals surface area contributed by atoms with E-state index >= 15 is 0 Å². The van der Waals surface area contributed by atoms with E-state index in [1.54, 1.807) is 6.07 Å². The molecule has 0 bridgehead atoms. The van der Waals surface area contributed by atoms with Gasteiger partial charge in [0.15, 0.2) is 4.90 Å². The molecule has 0 saturated carbocycles. The van der Waals surface area contributed by atoms with Crippen molar-refractivity contribution < 1.29 is 4.92 Å². The van der Waals surface area contributed by atoms with Crippen LogP contribution >= 0.6 is 21.7 Å². The van der Waals surface area contributed by atoms with Crippen LogP contribution in [0, 0.1) is 21.4 Å². The van der Waals surface area contributed by atoms with Crippen LogP contribution in [0.5, 0.6) is 0 Å². The molecule has 0 saturated heterocycles. The Kier molecular flexibility index (Phi) is 2.52. The van der Waals surface area contributed by atoms with Gasteiger partial charge in [-0.1, -0.05) is 5.10 Å². The van der Waals surface area contributed by atoms with Crippen molar-refractivity contribution in [1.82, 2.24) is 10.2 Å². The smallest absolute Gasteiger partial charge is 0.358 e. The number of nitro groups is 1. The quantitative estimate of drug-likeness (QED) is 0.581. The largest absolute Gasteiger partial charge is 0.359 e. The molecule has 1 aromatic heterocycles. The normalized spacial score (nSPS) is 9.33. The van der Waals surface area contributed by atoms with E-state index in [0.717, 1.165) is 0 Å². The third-order valence-corrected chi connectivity index (χ3v) is 2.07. The molecule has 0 aliphatic heterocycles. The minimum absolute atomic E-state index is 0.0455. The fourth-order valence-corrected chi connectivity index (χ4v) is 1.39. The summed E-state index contributed by atoms with van der Waals surface area (Å²) in [6, 6.07) is 1.67. The number of rotatable bonds is 2. The molecule has 0 aliphatic carbocycles. The van der Waals surface area contributed by atoms with E-state index in [2.05, 4.69) is 10.2 Å². The summed E-state index contributed by atoms with van der Waals surface area (Å²) >= 11 is 0. The summed E-state index contributed by atoms with van der Waals surface area (Å²) < 4.78 is 0. The zero-order chi connectivity index (χ0) is 9.14. The predicted molar refractivity (Wildman–Crippen MR) is 41.7 cm³/mol. The van der Waals surface area contributed by atoms with Gasteiger partial charge in [0, 0.05) is 0 Å². The van der Waals surface area contributed by atoms with Gasteiger partial charge >= 0.3 is 5.82 Å². The second kappa shape index (κ2) is 3.42. The monoisotopic (exact) mass is 204 g/mol. The number of aromatic nitrogens is 2. The van der Waals surface area contributed by atoms with Gasteiger partial charge in [0.05, 0.1) is 0 Å². The van der Waals surface area contributed by atoms with E-state index in [1.165, 1.54) is 0 Å². The number of nitriles is 1. The fourth-order valence-electron chi connectivity index (χ4n) is 0.595. The summed E-state index contributed by atoms with van der Waals surface area (Å²) in [5, 5.41) is 24.2. The number of hydrogen-bond acceptors (Lipinski definition) is 5. The molecule has 1 heterocycles. The molecular weight excluding hydrogens is 204 g/mol. The maximum atomic E-state index is 10.3. The molecule has 1 rings (SSSR count). The van der Waals surface area contributed by atoms with Crippen LogP contribution in [0.3, 0.4) is 0 Å². The average molecular weight is 205 g/mol. The summed E-state index contributed by atoms with van der Waals surface area (Å²) in [6.07, 6.45) is 0. The van der Waals surface area contributed by atoms with Gasteiger partial charge in [0.1, 0.15) is 6.07 Å². The molecule has 8 heteroatoms. The summed E-state index contributed by atoms with van der Waals surface area (Å²) in [6.45, 7) is 0. The van der Waals surface area contributed by atoms with E-state index in [0.29, 0.717) is 11.0 Å². The molecule has 0 unspecified atom stereocenters. The molecule has 0 aliphatic rings. The van der Waals surface area contributed by atoms with Crippen LogP contribution in [0.15, 0.2) is 4.90 Å². The zero-order valence-corrected chi connectivity index (χ0v) is 7.02. The third-order valence-electron chi connectivity index (χ3n) is 1.07. The first-order chi connectivity index (χ1) is 5.70. The van der Waals surface area contributed by atoms with Gasteiger partial charge in [-0.25, -0.2) is 0 Å². The van der Waals surface area contributed by atoms with E-state index in [4.69, 9.17) is 15.9 Å². The Hall–Kier alpha value is -1.26. The molecule has 0 radical (unpaired) electrons. The number of H-pyrrole nitrogens is 1. The van der Waals surface area contributed by atoms with Crippen LogP contribution in [-0.4, -0.2) is 15.1 Å². The molecule has 1 aromatic rings. The number of hydrogen-bond donors (Lipinski definition) is 1. The van der Waals surface area contributed by atoms with Gasteiger partial charge in [-0.05, 0) is 26.6 Å². The van der Waals surface area contributed by atoms with Gasteiger partial charge < -0.3 is 10.1 Å². The Bertz CT molecular complexity index is 356. The number of aromatic amines is 1. The van der Waals surface area contributed by atoms with Crippen molar-refractivity contribution in [2.24, 2.45) is 0 Å². The Labute approximate surface area is 75.2 Å². The molecule has 0 fully saturated rings. The molecule has 0 atom stereocenters. The van der Waals surface area contributed by atoms with Crippen LogP contribution in [0.4, 0.5) is 5.82 Å². The Balaban J connectivity index is 3.25. The van der Waals surface area contributed by atoms with Crippen molar-refractivity contribution >= 4 is 27.5 Å². The minimum atomic E-state index is -0.682. The molecule has 0 amide bonds. The number of nitrogens with one attached hydrogen (secondary N) is 1. The summed E-state index contributed by atoms with van der Waals surface area (Å²) in [5.74, 6) is -0.355. The number of nitrogens with zero attached hydrogens (tertiary/aromatic N) is 3. The fraction of sp³-hybridized carbons (Fsp3) is 0. The molecular formula is C4HClN4O2S. The number of halogens is 1. The van der Waals surface area contributed by atoms with Crippen LogP contribution in [0.2, 0.25) is 0 Å². The maximum absolute atomic E-state index is 10.3. The summed E-state index contributed by atoms with van der Waals surface area (Å²) in [5.41, 5.74) is -0.0679. The molecule has 0 aromatic carbocycles. The molecule has 62 valence electrons. The van der Waals surface area contributed by atoms with Crippen molar-refractivity contribution in [3.63, 3.8) is 0 Å². The van der Waals surface area contributed by atoms with Crippen LogP contribution in [0.1, 0.15) is 5.69 Å². The van der Waals surface area contributed by atoms with E-state index < -0.39 is 4.92 Å². The Morgan fingerprint density at radius 3 is 2.92 bits per heavy atom. The highest BCUT2D eigenvalue weighted by Crippen LogP contribution is 2.32. The molecule has 12 heavy (non-hydrogen) atoms. The molecule has 6 nitrogen and oxygen atoms in total. The average Bonchev–Trinajstić information content (AvgIpc) is 2.46. The lowest BCUT2D eigenvalue weighted by Gasteiger charge is -1.89. The van der Waals surface area contributed by atoms with Gasteiger partial charge in [-0.3, -0.25) is 0 Å². The highest BCUT2D eigenvalue weighted by atomic mass is 35.7. The lowest BCUT2D eigenvalue weighted by atomic mass is 10.4. The van der Waals surface area contributed by atoms with Crippen LogP contribution in [-0.2, 0) is 0 Å². The minimum Gasteiger partial charge on any atom is -0.358 e. The van der Waals surface area contributed by atoms with Crippen molar-refractivity contribution in [2.45, 2.75) is 4.90 Å². The molecule has 1 N–H and O–H groups in total. The highest BCUT2D eigenvalue weighted by Gasteiger charge is 2.21. The first-order valence-corrected chi connectivity index (χ1v) is 4.26. The lowest BCUT2D eigenvalue weighted by Crippen LogP contribution is -1.88. The summed E-state index contributed by atoms with van der Waals surface area (Å²) in [4.78, 5) is 9.63. The Morgan fingerprint density at radius 2 is 2.50 bits per heavy atom. The van der Waals surface area contributed by atoms with Crippen molar-refractivity contribution in [2.75, 3.05) is 0 Å². The first-order valence-electron chi connectivity index (χ1n) is 2.62. The molecule has 0 spiro atoms. The topological polar surface area (TPSA) is 95.6 Å². The van der Waals surface area contributed by atoms with Crippen LogP contribution < -0.4 is 0 Å². The maximum Gasteiger partial charge on any atom is 0.359 e. The van der Waals surface area contributed by atoms with E-state index in [1.807, 2.05) is 0 Å². The summed E-state index contributed by atoms with van der Waals surface area (Å²) in [7, 11) is 5.90. The van der Waals surface area contributed by atoms with Crippen molar-refractivity contribution in [3.05, 3.63) is 15.8 Å². The zero-order valence-electron chi connectivity index (χ0n) is 5.44. The van der Waals surface area contributed by atoms with Gasteiger partial charge in [-0.2, -0.15) is 5.26 Å². The lowest BCUT2D eigenvalue weighted by molar-refractivity contribution is -0.392. The van der Waals surface area contributed by atoms with Crippen molar-refractivity contribution in [1.29, 1.82) is 5.26 Å². The van der Waals surface area contributed by atoms with Crippen LogP contribution in [0.25, 0.3) is 0 Å². The standard InChI is InChI=1S/C4HClN4O2S/c5-12-3-2(1-6)7-8-4(3)9(10)11/h(H,7,8). The second-order valence-electron chi connectivity index (χ2n) is 1.70. The van der Waals surface area contributed by atoms with Gasteiger partial charge in [0.2, 0.25) is 5.69 Å². The first kappa shape index (κ1) is 8.83.